The number of ketones is 1. The van der Waals surface area contributed by atoms with Crippen LogP contribution in [0.25, 0.3) is 0 Å². The minimum Gasteiger partial charge on any atom is -0.299 e. The van der Waals surface area contributed by atoms with Gasteiger partial charge in [0.25, 0.3) is 0 Å². The predicted octanol–water partition coefficient (Wildman–Crippen LogP) is 3.43. The first-order valence-electron chi connectivity index (χ1n) is 5.27. The summed E-state index contributed by atoms with van der Waals surface area (Å²) in [6, 6.07) is 1.85. The molecule has 1 aromatic rings. The molecule has 94 valence electrons. The molecule has 0 bridgehead atoms. The topological polar surface area (TPSA) is 30.0 Å². The molecule has 0 spiro atoms. The van der Waals surface area contributed by atoms with E-state index in [1.807, 2.05) is 0 Å². The van der Waals surface area contributed by atoms with Gasteiger partial charge < -0.3 is 0 Å². The molecule has 17 heavy (non-hydrogen) atoms. The molecule has 0 radical (unpaired) electrons. The van der Waals surface area contributed by atoms with Crippen molar-refractivity contribution in [2.45, 2.75) is 32.9 Å². The van der Waals surface area contributed by atoms with Gasteiger partial charge in [0.2, 0.25) is 0 Å². The highest BCUT2D eigenvalue weighted by molar-refractivity contribution is 5.83. The van der Waals surface area contributed by atoms with Crippen LogP contribution in [-0.4, -0.2) is 10.8 Å². The molecule has 1 heterocycles. The average Bonchev–Trinajstić information content (AvgIpc) is 2.15. The highest BCUT2D eigenvalue weighted by Gasteiger charge is 2.32. The summed E-state index contributed by atoms with van der Waals surface area (Å²) in [4.78, 5) is 15.3. The molecule has 1 atom stereocenters. The second kappa shape index (κ2) is 4.85. The monoisotopic (exact) mass is 245 g/mol. The number of aromatic nitrogens is 1. The minimum absolute atomic E-state index is 0.0801. The van der Waals surface area contributed by atoms with Crippen LogP contribution in [0.5, 0.6) is 0 Å². The molecule has 0 saturated carbocycles. The molecule has 1 unspecified atom stereocenters. The lowest BCUT2D eigenvalue weighted by Crippen LogP contribution is -2.18. The third-order valence-corrected chi connectivity index (χ3v) is 2.53. The Bertz CT molecular complexity index is 412. The number of hydrogen-bond donors (Lipinski definition) is 0. The van der Waals surface area contributed by atoms with E-state index in [4.69, 9.17) is 0 Å². The van der Waals surface area contributed by atoms with Crippen LogP contribution in [-0.2, 0) is 11.0 Å². The number of nitrogens with zero attached hydrogens (tertiary/aromatic N) is 1. The summed E-state index contributed by atoms with van der Waals surface area (Å²) in [5.41, 5.74) is -0.586. The van der Waals surface area contributed by atoms with Crippen LogP contribution in [0.4, 0.5) is 13.2 Å². The summed E-state index contributed by atoms with van der Waals surface area (Å²) in [7, 11) is 0. The third kappa shape index (κ3) is 3.28. The van der Waals surface area contributed by atoms with Gasteiger partial charge in [0.05, 0.1) is 17.2 Å². The van der Waals surface area contributed by atoms with Gasteiger partial charge in [-0.15, -0.1) is 0 Å². The summed E-state index contributed by atoms with van der Waals surface area (Å²) in [6.07, 6.45) is -3.31. The van der Waals surface area contributed by atoms with E-state index in [-0.39, 0.29) is 17.4 Å². The van der Waals surface area contributed by atoms with E-state index < -0.39 is 17.7 Å². The molecule has 0 amide bonds. The molecule has 0 saturated heterocycles. The molecular weight excluding hydrogens is 231 g/mol. The van der Waals surface area contributed by atoms with Gasteiger partial charge in [0, 0.05) is 6.20 Å². The quantitative estimate of drug-likeness (QED) is 0.816. The largest absolute Gasteiger partial charge is 0.416 e. The lowest BCUT2D eigenvalue weighted by Gasteiger charge is -2.18. The van der Waals surface area contributed by atoms with Gasteiger partial charge in [-0.3, -0.25) is 9.78 Å². The molecule has 1 rings (SSSR count). The minimum atomic E-state index is -4.41. The fourth-order valence-electron chi connectivity index (χ4n) is 1.81. The van der Waals surface area contributed by atoms with E-state index in [0.29, 0.717) is 0 Å². The van der Waals surface area contributed by atoms with Crippen molar-refractivity contribution < 1.29 is 18.0 Å². The van der Waals surface area contributed by atoms with Gasteiger partial charge in [-0.25, -0.2) is 0 Å². The maximum atomic E-state index is 12.5. The molecule has 1 aromatic heterocycles. The van der Waals surface area contributed by atoms with Gasteiger partial charge in [0.15, 0.2) is 0 Å². The first-order valence-corrected chi connectivity index (χ1v) is 5.27. The third-order valence-electron chi connectivity index (χ3n) is 2.53. The lowest BCUT2D eigenvalue weighted by molar-refractivity contribution is -0.137. The number of carbonyl (C=O) groups is 1. The van der Waals surface area contributed by atoms with Crippen molar-refractivity contribution in [3.63, 3.8) is 0 Å². The Morgan fingerprint density at radius 3 is 2.35 bits per heavy atom. The molecule has 0 aliphatic heterocycles. The van der Waals surface area contributed by atoms with E-state index in [1.165, 1.54) is 6.92 Å². The Hall–Kier alpha value is -1.39. The van der Waals surface area contributed by atoms with Crippen LogP contribution in [0.3, 0.4) is 0 Å². The first-order chi connectivity index (χ1) is 7.73. The van der Waals surface area contributed by atoms with E-state index in [1.54, 1.807) is 13.8 Å². The van der Waals surface area contributed by atoms with Gasteiger partial charge in [0.1, 0.15) is 5.78 Å². The Morgan fingerprint density at radius 2 is 1.94 bits per heavy atom. The van der Waals surface area contributed by atoms with Crippen molar-refractivity contribution in [1.82, 2.24) is 4.98 Å². The van der Waals surface area contributed by atoms with Crippen LogP contribution in [0.2, 0.25) is 0 Å². The van der Waals surface area contributed by atoms with Gasteiger partial charge in [-0.2, -0.15) is 13.2 Å². The second-order valence-corrected chi connectivity index (χ2v) is 4.30. The second-order valence-electron chi connectivity index (χ2n) is 4.30. The number of pyridine rings is 1. The Morgan fingerprint density at radius 1 is 1.35 bits per heavy atom. The van der Waals surface area contributed by atoms with E-state index in [2.05, 4.69) is 4.98 Å². The molecule has 0 fully saturated rings. The van der Waals surface area contributed by atoms with Crippen molar-refractivity contribution >= 4 is 5.78 Å². The Labute approximate surface area is 97.9 Å². The number of alkyl halides is 3. The number of carbonyl (C=O) groups excluding carboxylic acids is 1. The van der Waals surface area contributed by atoms with E-state index in [0.717, 1.165) is 18.3 Å². The maximum Gasteiger partial charge on any atom is 0.416 e. The first kappa shape index (κ1) is 13.7. The molecule has 2 nitrogen and oxygen atoms in total. The predicted molar refractivity (Wildman–Crippen MR) is 57.5 cm³/mol. The van der Waals surface area contributed by atoms with E-state index in [9.17, 15) is 18.0 Å². The average molecular weight is 245 g/mol. The highest BCUT2D eigenvalue weighted by Crippen LogP contribution is 2.32. The highest BCUT2D eigenvalue weighted by atomic mass is 19.4. The maximum absolute atomic E-state index is 12.5. The van der Waals surface area contributed by atoms with Crippen molar-refractivity contribution in [3.8, 4) is 0 Å². The fraction of sp³-hybridized carbons (Fsp3) is 0.500. The fourth-order valence-corrected chi connectivity index (χ4v) is 1.81. The number of Topliss-reactive ketones (excluding diaryl/α,β-unsaturated/α-hetero) is 1. The summed E-state index contributed by atoms with van der Waals surface area (Å²) >= 11 is 0. The number of hydrogen-bond acceptors (Lipinski definition) is 2. The van der Waals surface area contributed by atoms with Gasteiger partial charge in [-0.05, 0) is 25.0 Å². The normalized spacial score (nSPS) is 13.8. The molecule has 0 aliphatic carbocycles. The van der Waals surface area contributed by atoms with Crippen molar-refractivity contribution in [2.24, 2.45) is 5.92 Å². The van der Waals surface area contributed by atoms with Crippen LogP contribution in [0.1, 0.15) is 37.9 Å². The molecule has 0 N–H and O–H groups in total. The smallest absolute Gasteiger partial charge is 0.299 e. The zero-order valence-corrected chi connectivity index (χ0v) is 9.88. The van der Waals surface area contributed by atoms with Gasteiger partial charge >= 0.3 is 6.18 Å². The summed E-state index contributed by atoms with van der Waals surface area (Å²) in [5.74, 6) is -0.840. The van der Waals surface area contributed by atoms with Crippen LogP contribution >= 0.6 is 0 Å². The Balaban J connectivity index is 3.18. The Kier molecular flexibility index (Phi) is 3.91. The lowest BCUT2D eigenvalue weighted by atomic mass is 9.88. The summed E-state index contributed by atoms with van der Waals surface area (Å²) in [5, 5.41) is 0. The zero-order chi connectivity index (χ0) is 13.2. The number of rotatable bonds is 3. The van der Waals surface area contributed by atoms with Crippen molar-refractivity contribution in [1.29, 1.82) is 0 Å². The molecular formula is C12H14F3NO. The molecule has 0 aromatic carbocycles. The van der Waals surface area contributed by atoms with Crippen LogP contribution in [0.15, 0.2) is 18.3 Å². The summed E-state index contributed by atoms with van der Waals surface area (Å²) < 4.78 is 37.6. The summed E-state index contributed by atoms with van der Waals surface area (Å²) in [6.45, 7) is 4.94. The van der Waals surface area contributed by atoms with Crippen LogP contribution < -0.4 is 0 Å². The SMILES string of the molecule is CC(=O)C(c1cc(C(F)(F)F)ccn1)C(C)C. The van der Waals surface area contributed by atoms with Crippen molar-refractivity contribution in [3.05, 3.63) is 29.6 Å². The zero-order valence-electron chi connectivity index (χ0n) is 9.88. The molecule has 5 heteroatoms. The molecule has 0 aliphatic rings. The standard InChI is InChI=1S/C12H14F3NO/c1-7(2)11(8(3)17)10-6-9(4-5-16-10)12(13,14)15/h4-7,11H,1-3H3. The van der Waals surface area contributed by atoms with Crippen LogP contribution in [0, 0.1) is 5.92 Å². The number of halogens is 3. The van der Waals surface area contributed by atoms with E-state index >= 15 is 0 Å². The van der Waals surface area contributed by atoms with Gasteiger partial charge in [-0.1, -0.05) is 13.8 Å². The van der Waals surface area contributed by atoms with Crippen molar-refractivity contribution in [2.75, 3.05) is 0 Å².